The molecule has 0 fully saturated rings. The van der Waals surface area contributed by atoms with Crippen molar-refractivity contribution in [3.05, 3.63) is 11.6 Å². The van der Waals surface area contributed by atoms with E-state index in [1.54, 1.807) is 0 Å². The van der Waals surface area contributed by atoms with Gasteiger partial charge in [0.15, 0.2) is 0 Å². The fourth-order valence-corrected chi connectivity index (χ4v) is 0.978. The van der Waals surface area contributed by atoms with Gasteiger partial charge in [0.05, 0.1) is 6.21 Å². The minimum absolute atomic E-state index is 0. The van der Waals surface area contributed by atoms with E-state index >= 15 is 0 Å². The summed E-state index contributed by atoms with van der Waals surface area (Å²) in [7, 11) is 2.07. The van der Waals surface area contributed by atoms with E-state index in [4.69, 9.17) is 5.21 Å². The summed E-state index contributed by atoms with van der Waals surface area (Å²) in [4.78, 5) is 2.22. The maximum atomic E-state index is 8.20. The molecule has 0 bridgehead atoms. The van der Waals surface area contributed by atoms with Gasteiger partial charge in [0.25, 0.3) is 0 Å². The van der Waals surface area contributed by atoms with Gasteiger partial charge in [0.1, 0.15) is 0 Å². The second kappa shape index (κ2) is 5.16. The molecule has 0 aromatic carbocycles. The molecule has 1 N–H and O–H groups in total. The van der Waals surface area contributed by atoms with Gasteiger partial charge in [-0.3, -0.25) is 0 Å². The number of oxime groups is 1. The molecule has 0 saturated heterocycles. The van der Waals surface area contributed by atoms with E-state index in [9.17, 15) is 0 Å². The van der Waals surface area contributed by atoms with Crippen LogP contribution in [0, 0.1) is 0 Å². The van der Waals surface area contributed by atoms with Gasteiger partial charge < -0.3 is 10.1 Å². The number of hydrogen-bond donors (Lipinski definition) is 1. The van der Waals surface area contributed by atoms with E-state index in [2.05, 4.69) is 23.2 Å². The lowest BCUT2D eigenvalue weighted by molar-refractivity contribution is 0.320. The molecule has 0 radical (unpaired) electrons. The molecular weight excluding hydrogens is 164 g/mol. The van der Waals surface area contributed by atoms with Gasteiger partial charge in [-0.25, -0.2) is 0 Å². The molecule has 0 aliphatic carbocycles. The fraction of sp³-hybridized carbons (Fsp3) is 0.571. The Kier molecular flexibility index (Phi) is 4.90. The second-order valence-corrected chi connectivity index (χ2v) is 2.54. The number of nitrogens with zero attached hydrogens (tertiary/aromatic N) is 2. The smallest absolute Gasteiger partial charge is 0.0691 e. The first-order valence-electron chi connectivity index (χ1n) is 3.38. The van der Waals surface area contributed by atoms with Crippen LogP contribution in [0.15, 0.2) is 16.8 Å². The van der Waals surface area contributed by atoms with Gasteiger partial charge in [0, 0.05) is 13.1 Å². The van der Waals surface area contributed by atoms with Crippen molar-refractivity contribution in [3.63, 3.8) is 0 Å². The zero-order valence-corrected chi connectivity index (χ0v) is 7.34. The Morgan fingerprint density at radius 3 is 2.91 bits per heavy atom. The largest absolute Gasteiger partial charge is 0.411 e. The molecule has 0 unspecified atom stereocenters. The van der Waals surface area contributed by atoms with Crippen molar-refractivity contribution >= 4 is 18.6 Å². The van der Waals surface area contributed by atoms with Crippen LogP contribution in [0.4, 0.5) is 0 Å². The molecule has 0 aromatic heterocycles. The average Bonchev–Trinajstić information content (AvgIpc) is 1.95. The van der Waals surface area contributed by atoms with E-state index in [1.165, 1.54) is 6.21 Å². The van der Waals surface area contributed by atoms with Gasteiger partial charge >= 0.3 is 0 Å². The third-order valence-corrected chi connectivity index (χ3v) is 1.67. The number of rotatable bonds is 1. The summed E-state index contributed by atoms with van der Waals surface area (Å²) >= 11 is 0. The van der Waals surface area contributed by atoms with Gasteiger partial charge in [-0.2, -0.15) is 0 Å². The Labute approximate surface area is 72.8 Å². The molecule has 11 heavy (non-hydrogen) atoms. The molecule has 0 aromatic rings. The van der Waals surface area contributed by atoms with Crippen molar-refractivity contribution in [2.24, 2.45) is 5.16 Å². The third-order valence-electron chi connectivity index (χ3n) is 1.67. The van der Waals surface area contributed by atoms with Crippen molar-refractivity contribution in [3.8, 4) is 0 Å². The maximum absolute atomic E-state index is 8.20. The predicted octanol–water partition coefficient (Wildman–Crippen LogP) is 1.13. The minimum atomic E-state index is 0. The van der Waals surface area contributed by atoms with Gasteiger partial charge in [-0.05, 0) is 19.0 Å². The Morgan fingerprint density at radius 1 is 1.73 bits per heavy atom. The van der Waals surface area contributed by atoms with E-state index < -0.39 is 0 Å². The van der Waals surface area contributed by atoms with Crippen LogP contribution >= 0.6 is 12.4 Å². The quantitative estimate of drug-likeness (QED) is 0.370. The standard InChI is InChI=1S/C7H12N2O.ClH/c1-9-4-2-7(3-5-9)6-8-10;/h2,6,10H,3-5H2,1H3;1H/b8-6-;. The lowest BCUT2D eigenvalue weighted by Gasteiger charge is -2.19. The Morgan fingerprint density at radius 2 is 2.45 bits per heavy atom. The summed E-state index contributed by atoms with van der Waals surface area (Å²) in [6.07, 6.45) is 4.57. The SMILES string of the molecule is CN1CC=C(/C=N\O)CC1.Cl. The summed E-state index contributed by atoms with van der Waals surface area (Å²) in [5, 5.41) is 11.2. The van der Waals surface area contributed by atoms with Crippen LogP contribution in [0.25, 0.3) is 0 Å². The van der Waals surface area contributed by atoms with E-state index in [1.807, 2.05) is 0 Å². The minimum Gasteiger partial charge on any atom is -0.411 e. The van der Waals surface area contributed by atoms with Crippen LogP contribution < -0.4 is 0 Å². The summed E-state index contributed by atoms with van der Waals surface area (Å²) in [5.41, 5.74) is 1.13. The zero-order chi connectivity index (χ0) is 7.40. The molecule has 64 valence electrons. The number of halogens is 1. The van der Waals surface area contributed by atoms with Crippen molar-refractivity contribution in [1.29, 1.82) is 0 Å². The highest BCUT2D eigenvalue weighted by molar-refractivity contribution is 5.85. The molecule has 0 saturated carbocycles. The molecule has 0 spiro atoms. The predicted molar refractivity (Wildman–Crippen MR) is 47.7 cm³/mol. The molecule has 0 amide bonds. The Balaban J connectivity index is 0.000001000. The van der Waals surface area contributed by atoms with Gasteiger partial charge in [-0.15, -0.1) is 12.4 Å². The topological polar surface area (TPSA) is 35.8 Å². The number of likely N-dealkylation sites (N-methyl/N-ethyl adjacent to an activating group) is 1. The summed E-state index contributed by atoms with van der Waals surface area (Å²) < 4.78 is 0. The summed E-state index contributed by atoms with van der Waals surface area (Å²) in [5.74, 6) is 0. The van der Waals surface area contributed by atoms with E-state index in [-0.39, 0.29) is 12.4 Å². The summed E-state index contributed by atoms with van der Waals surface area (Å²) in [6, 6.07) is 0. The molecule has 4 heteroatoms. The molecular formula is C7H13ClN2O. The highest BCUT2D eigenvalue weighted by atomic mass is 35.5. The first-order valence-corrected chi connectivity index (χ1v) is 3.38. The molecule has 1 aliphatic heterocycles. The normalized spacial score (nSPS) is 19.5. The van der Waals surface area contributed by atoms with Crippen LogP contribution in [-0.4, -0.2) is 36.5 Å². The lowest BCUT2D eigenvalue weighted by Crippen LogP contribution is -2.24. The molecule has 1 rings (SSSR count). The first-order chi connectivity index (χ1) is 4.83. The van der Waals surface area contributed by atoms with Crippen molar-refractivity contribution in [2.45, 2.75) is 6.42 Å². The van der Waals surface area contributed by atoms with E-state index in [0.29, 0.717) is 0 Å². The van der Waals surface area contributed by atoms with Gasteiger partial charge in [-0.1, -0.05) is 11.2 Å². The monoisotopic (exact) mass is 176 g/mol. The lowest BCUT2D eigenvalue weighted by atomic mass is 10.1. The average molecular weight is 177 g/mol. The molecule has 1 heterocycles. The van der Waals surface area contributed by atoms with Crippen LogP contribution in [0.2, 0.25) is 0 Å². The fourth-order valence-electron chi connectivity index (χ4n) is 0.978. The first kappa shape index (κ1) is 10.5. The Bertz CT molecular complexity index is 168. The number of hydrogen-bond acceptors (Lipinski definition) is 3. The van der Waals surface area contributed by atoms with Crippen molar-refractivity contribution in [2.75, 3.05) is 20.1 Å². The Hall–Kier alpha value is -0.540. The van der Waals surface area contributed by atoms with Crippen LogP contribution in [-0.2, 0) is 0 Å². The van der Waals surface area contributed by atoms with E-state index in [0.717, 1.165) is 25.1 Å². The molecule has 3 nitrogen and oxygen atoms in total. The highest BCUT2D eigenvalue weighted by Gasteiger charge is 2.04. The third kappa shape index (κ3) is 3.39. The summed E-state index contributed by atoms with van der Waals surface area (Å²) in [6.45, 7) is 2.01. The van der Waals surface area contributed by atoms with Crippen LogP contribution in [0.1, 0.15) is 6.42 Å². The highest BCUT2D eigenvalue weighted by Crippen LogP contribution is 2.05. The van der Waals surface area contributed by atoms with Crippen molar-refractivity contribution in [1.82, 2.24) is 4.90 Å². The maximum Gasteiger partial charge on any atom is 0.0691 e. The zero-order valence-electron chi connectivity index (χ0n) is 6.53. The second-order valence-electron chi connectivity index (χ2n) is 2.54. The van der Waals surface area contributed by atoms with Gasteiger partial charge in [0.2, 0.25) is 0 Å². The molecule has 1 aliphatic rings. The van der Waals surface area contributed by atoms with Crippen LogP contribution in [0.5, 0.6) is 0 Å². The van der Waals surface area contributed by atoms with Crippen molar-refractivity contribution < 1.29 is 5.21 Å². The van der Waals surface area contributed by atoms with Crippen LogP contribution in [0.3, 0.4) is 0 Å². The molecule has 0 atom stereocenters.